The largest absolute Gasteiger partial charge is 0.350 e. The highest BCUT2D eigenvalue weighted by molar-refractivity contribution is 6.03. The van der Waals surface area contributed by atoms with Gasteiger partial charge in [-0.05, 0) is 36.6 Å². The minimum absolute atomic E-state index is 0.223. The molecule has 1 aromatic heterocycles. The predicted octanol–water partition coefficient (Wildman–Crippen LogP) is 4.21. The van der Waals surface area contributed by atoms with Gasteiger partial charge in [0.05, 0.1) is 5.56 Å². The van der Waals surface area contributed by atoms with Crippen molar-refractivity contribution in [2.75, 3.05) is 10.6 Å². The van der Waals surface area contributed by atoms with Crippen LogP contribution in [0, 0.1) is 6.92 Å². The highest BCUT2D eigenvalue weighted by Gasteiger charge is 2.08. The molecule has 0 spiro atoms. The van der Waals surface area contributed by atoms with Crippen LogP contribution in [-0.4, -0.2) is 15.9 Å². The van der Waals surface area contributed by atoms with Gasteiger partial charge in [-0.1, -0.05) is 48.9 Å². The first-order valence-corrected chi connectivity index (χ1v) is 8.66. The molecule has 5 nitrogen and oxygen atoms in total. The van der Waals surface area contributed by atoms with Crippen molar-refractivity contribution in [3.05, 3.63) is 83.2 Å². The van der Waals surface area contributed by atoms with Crippen LogP contribution in [0.1, 0.15) is 34.0 Å². The summed E-state index contributed by atoms with van der Waals surface area (Å²) in [6.45, 7) is 4.79. The normalized spacial score (nSPS) is 10.4. The summed E-state index contributed by atoms with van der Waals surface area (Å²) in [5.74, 6) is 0.272. The van der Waals surface area contributed by atoms with Gasteiger partial charge in [0, 0.05) is 24.6 Å². The Bertz CT molecular complexity index is 856. The van der Waals surface area contributed by atoms with Crippen LogP contribution in [-0.2, 0) is 13.0 Å². The molecule has 0 saturated heterocycles. The molecule has 1 heterocycles. The van der Waals surface area contributed by atoms with Crippen LogP contribution in [0.4, 0.5) is 11.6 Å². The molecule has 0 unspecified atom stereocenters. The molecule has 0 radical (unpaired) electrons. The Hall–Kier alpha value is -3.21. The van der Waals surface area contributed by atoms with Gasteiger partial charge in [-0.15, -0.1) is 0 Å². The van der Waals surface area contributed by atoms with Crippen molar-refractivity contribution in [3.63, 3.8) is 0 Å². The summed E-state index contributed by atoms with van der Waals surface area (Å²) >= 11 is 0. The van der Waals surface area contributed by atoms with E-state index in [1.54, 1.807) is 0 Å². The first-order valence-electron chi connectivity index (χ1n) is 8.66. The maximum absolute atomic E-state index is 12.3. The Kier molecular flexibility index (Phi) is 5.59. The van der Waals surface area contributed by atoms with E-state index in [2.05, 4.69) is 58.7 Å². The number of anilines is 2. The molecule has 3 rings (SSSR count). The smallest absolute Gasteiger partial charge is 0.258 e. The molecule has 5 heteroatoms. The highest BCUT2D eigenvalue weighted by atomic mass is 16.1. The number of nitrogens with one attached hydrogen (secondary N) is 2. The molecule has 26 heavy (non-hydrogen) atoms. The number of aryl methyl sites for hydroxylation is 2. The summed E-state index contributed by atoms with van der Waals surface area (Å²) < 4.78 is 0. The summed E-state index contributed by atoms with van der Waals surface area (Å²) in [6.07, 6.45) is 4.03. The Balaban J connectivity index is 1.57. The summed E-state index contributed by atoms with van der Waals surface area (Å²) in [4.78, 5) is 20.7. The molecule has 2 N–H and O–H groups in total. The summed E-state index contributed by atoms with van der Waals surface area (Å²) in [6, 6.07) is 16.1. The Morgan fingerprint density at radius 1 is 0.923 bits per heavy atom. The zero-order valence-corrected chi connectivity index (χ0v) is 15.0. The van der Waals surface area contributed by atoms with Crippen molar-refractivity contribution < 1.29 is 4.79 Å². The average Bonchev–Trinajstić information content (AvgIpc) is 2.68. The number of hydrogen-bond donors (Lipinski definition) is 2. The maximum atomic E-state index is 12.3. The summed E-state index contributed by atoms with van der Waals surface area (Å²) in [5.41, 5.74) is 4.79. The number of nitrogens with zero attached hydrogens (tertiary/aromatic N) is 2. The van der Waals surface area contributed by atoms with Crippen LogP contribution in [0.15, 0.2) is 60.9 Å². The minimum atomic E-state index is -0.223. The third kappa shape index (κ3) is 4.66. The van der Waals surface area contributed by atoms with Crippen LogP contribution in [0.5, 0.6) is 0 Å². The van der Waals surface area contributed by atoms with E-state index in [9.17, 15) is 4.79 Å². The molecule has 0 atom stereocenters. The molecular weight excluding hydrogens is 324 g/mol. The van der Waals surface area contributed by atoms with E-state index in [0.717, 1.165) is 17.7 Å². The monoisotopic (exact) mass is 346 g/mol. The van der Waals surface area contributed by atoms with Crippen molar-refractivity contribution in [2.45, 2.75) is 26.8 Å². The molecular formula is C21H22N4O. The van der Waals surface area contributed by atoms with E-state index in [1.165, 1.54) is 23.5 Å². The van der Waals surface area contributed by atoms with E-state index in [0.29, 0.717) is 18.1 Å². The van der Waals surface area contributed by atoms with E-state index in [-0.39, 0.29) is 5.91 Å². The molecule has 132 valence electrons. The number of aromatic nitrogens is 2. The van der Waals surface area contributed by atoms with Crippen LogP contribution < -0.4 is 10.6 Å². The van der Waals surface area contributed by atoms with Gasteiger partial charge in [-0.3, -0.25) is 4.79 Å². The molecule has 0 fully saturated rings. The van der Waals surface area contributed by atoms with Gasteiger partial charge in [0.15, 0.2) is 0 Å². The van der Waals surface area contributed by atoms with E-state index >= 15 is 0 Å². The van der Waals surface area contributed by atoms with Gasteiger partial charge in [0.1, 0.15) is 0 Å². The number of rotatable bonds is 6. The van der Waals surface area contributed by atoms with Crippen molar-refractivity contribution in [1.29, 1.82) is 0 Å². The van der Waals surface area contributed by atoms with Gasteiger partial charge < -0.3 is 10.6 Å². The van der Waals surface area contributed by atoms with Gasteiger partial charge >= 0.3 is 0 Å². The van der Waals surface area contributed by atoms with E-state index < -0.39 is 0 Å². The third-order valence-corrected chi connectivity index (χ3v) is 4.11. The van der Waals surface area contributed by atoms with E-state index in [1.807, 2.05) is 24.3 Å². The summed E-state index contributed by atoms with van der Waals surface area (Å²) in [5, 5.41) is 6.01. The third-order valence-electron chi connectivity index (χ3n) is 4.11. The predicted molar refractivity (Wildman–Crippen MR) is 104 cm³/mol. The average molecular weight is 346 g/mol. The lowest BCUT2D eigenvalue weighted by molar-refractivity contribution is 0.102. The standard InChI is InChI=1S/C21H22N4O/c1-3-16-8-10-19(11-9-16)25-20(26)18-13-23-21(24-14-18)22-12-17-6-4-15(2)5-7-17/h4-11,13-14H,3,12H2,1-2H3,(H,25,26)(H,22,23,24). The number of hydrogen-bond acceptors (Lipinski definition) is 4. The fourth-order valence-corrected chi connectivity index (χ4v) is 2.45. The molecule has 0 saturated carbocycles. The second-order valence-corrected chi connectivity index (χ2v) is 6.14. The van der Waals surface area contributed by atoms with Crippen molar-refractivity contribution in [1.82, 2.24) is 9.97 Å². The zero-order chi connectivity index (χ0) is 18.4. The van der Waals surface area contributed by atoms with E-state index in [4.69, 9.17) is 0 Å². The molecule has 0 bridgehead atoms. The Labute approximate surface area is 153 Å². The quantitative estimate of drug-likeness (QED) is 0.701. The molecule has 0 aliphatic rings. The van der Waals surface area contributed by atoms with Crippen LogP contribution in [0.3, 0.4) is 0 Å². The molecule has 0 aliphatic carbocycles. The SMILES string of the molecule is CCc1ccc(NC(=O)c2cnc(NCc3ccc(C)cc3)nc2)cc1. The van der Waals surface area contributed by atoms with Gasteiger partial charge in [0.25, 0.3) is 5.91 Å². The number of carbonyl (C=O) groups is 1. The van der Waals surface area contributed by atoms with Gasteiger partial charge in [0.2, 0.25) is 5.95 Å². The number of carbonyl (C=O) groups excluding carboxylic acids is 1. The number of amides is 1. The minimum Gasteiger partial charge on any atom is -0.350 e. The van der Waals surface area contributed by atoms with Crippen LogP contribution in [0.2, 0.25) is 0 Å². The fraction of sp³-hybridized carbons (Fsp3) is 0.190. The van der Waals surface area contributed by atoms with Crippen molar-refractivity contribution >= 4 is 17.5 Å². The molecule has 2 aromatic carbocycles. The van der Waals surface area contributed by atoms with Crippen LogP contribution >= 0.6 is 0 Å². The van der Waals surface area contributed by atoms with Crippen molar-refractivity contribution in [2.24, 2.45) is 0 Å². The lowest BCUT2D eigenvalue weighted by Crippen LogP contribution is -2.13. The van der Waals surface area contributed by atoms with Crippen LogP contribution in [0.25, 0.3) is 0 Å². The Morgan fingerprint density at radius 2 is 1.54 bits per heavy atom. The first-order chi connectivity index (χ1) is 12.6. The fourth-order valence-electron chi connectivity index (χ4n) is 2.45. The summed E-state index contributed by atoms with van der Waals surface area (Å²) in [7, 11) is 0. The number of benzene rings is 2. The second-order valence-electron chi connectivity index (χ2n) is 6.14. The molecule has 1 amide bonds. The lowest BCUT2D eigenvalue weighted by Gasteiger charge is -2.07. The maximum Gasteiger partial charge on any atom is 0.258 e. The first kappa shape index (κ1) is 17.6. The topological polar surface area (TPSA) is 66.9 Å². The van der Waals surface area contributed by atoms with Crippen molar-refractivity contribution in [3.8, 4) is 0 Å². The zero-order valence-electron chi connectivity index (χ0n) is 15.0. The van der Waals surface area contributed by atoms with Gasteiger partial charge in [-0.25, -0.2) is 9.97 Å². The molecule has 3 aromatic rings. The highest BCUT2D eigenvalue weighted by Crippen LogP contribution is 2.12. The Morgan fingerprint density at radius 3 is 2.15 bits per heavy atom. The second kappa shape index (κ2) is 8.25. The molecule has 0 aliphatic heterocycles. The van der Waals surface area contributed by atoms with Gasteiger partial charge in [-0.2, -0.15) is 0 Å². The lowest BCUT2D eigenvalue weighted by atomic mass is 10.1.